The third-order valence-corrected chi connectivity index (χ3v) is 5.52. The predicted molar refractivity (Wildman–Crippen MR) is 115 cm³/mol. The van der Waals surface area contributed by atoms with E-state index in [1.165, 1.54) is 16.4 Å². The molecule has 3 rings (SSSR count). The summed E-state index contributed by atoms with van der Waals surface area (Å²) in [4.78, 5) is 23.8. The van der Waals surface area contributed by atoms with Crippen LogP contribution in [0.5, 0.6) is 0 Å². The first-order valence-electron chi connectivity index (χ1n) is 8.74. The molecule has 0 atom stereocenters. The van der Waals surface area contributed by atoms with Gasteiger partial charge in [0.05, 0.1) is 0 Å². The summed E-state index contributed by atoms with van der Waals surface area (Å²) in [5.74, 6) is 6.63. The van der Waals surface area contributed by atoms with Crippen molar-refractivity contribution in [3.8, 4) is 11.4 Å². The Morgan fingerprint density at radius 3 is 2.55 bits per heavy atom. The van der Waals surface area contributed by atoms with Gasteiger partial charge in [-0.25, -0.2) is 9.47 Å². The first-order valence-corrected chi connectivity index (χ1v) is 10.5. The molecule has 10 heteroatoms. The Morgan fingerprint density at radius 1 is 1.07 bits per heavy atom. The summed E-state index contributed by atoms with van der Waals surface area (Å²) in [5, 5.41) is 13.6. The molecule has 150 valence electrons. The molecule has 0 spiro atoms. The van der Waals surface area contributed by atoms with Gasteiger partial charge in [-0.2, -0.15) is 0 Å². The maximum Gasteiger partial charge on any atom is 0.321 e. The van der Waals surface area contributed by atoms with E-state index in [9.17, 15) is 9.59 Å². The number of halogens is 1. The van der Waals surface area contributed by atoms with Crippen molar-refractivity contribution in [1.82, 2.24) is 25.5 Å². The molecule has 29 heavy (non-hydrogen) atoms. The van der Waals surface area contributed by atoms with Crippen LogP contribution in [0.3, 0.4) is 0 Å². The lowest BCUT2D eigenvalue weighted by Crippen LogP contribution is -2.39. The summed E-state index contributed by atoms with van der Waals surface area (Å²) < 4.78 is 2.24. The number of rotatable bonds is 7. The van der Waals surface area contributed by atoms with Gasteiger partial charge in [-0.05, 0) is 17.7 Å². The van der Waals surface area contributed by atoms with Crippen LogP contribution in [0, 0.1) is 0 Å². The average molecular weight is 475 g/mol. The first kappa shape index (κ1) is 20.9. The zero-order chi connectivity index (χ0) is 20.6. The SMILES string of the molecule is Nn1c(SCCC(=O)NC(=O)NCc2ccccc2)nnc1-c1ccccc1Br. The number of aromatic nitrogens is 3. The maximum absolute atomic E-state index is 11.9. The second-order valence-electron chi connectivity index (χ2n) is 5.97. The number of amides is 3. The number of nitrogens with two attached hydrogens (primary N) is 1. The highest BCUT2D eigenvalue weighted by atomic mass is 79.9. The molecule has 1 aromatic heterocycles. The second kappa shape index (κ2) is 10.1. The van der Waals surface area contributed by atoms with Crippen molar-refractivity contribution >= 4 is 39.6 Å². The molecule has 0 bridgehead atoms. The van der Waals surface area contributed by atoms with Gasteiger partial charge in [0.15, 0.2) is 5.82 Å². The van der Waals surface area contributed by atoms with Gasteiger partial charge in [0.25, 0.3) is 0 Å². The van der Waals surface area contributed by atoms with Crippen LogP contribution in [-0.2, 0) is 11.3 Å². The van der Waals surface area contributed by atoms with Gasteiger partial charge in [-0.1, -0.05) is 70.2 Å². The van der Waals surface area contributed by atoms with Crippen LogP contribution in [0.25, 0.3) is 11.4 Å². The van der Waals surface area contributed by atoms with Crippen LogP contribution in [0.4, 0.5) is 4.79 Å². The Balaban J connectivity index is 1.45. The van der Waals surface area contributed by atoms with E-state index in [4.69, 9.17) is 5.84 Å². The first-order chi connectivity index (χ1) is 14.0. The summed E-state index contributed by atoms with van der Waals surface area (Å²) in [5.41, 5.74) is 1.77. The number of imide groups is 1. The average Bonchev–Trinajstić information content (AvgIpc) is 3.08. The number of carbonyl (C=O) groups is 2. The Bertz CT molecular complexity index is 995. The fourth-order valence-corrected chi connectivity index (χ4v) is 3.70. The summed E-state index contributed by atoms with van der Waals surface area (Å²) in [6, 6.07) is 16.5. The molecule has 0 aliphatic carbocycles. The summed E-state index contributed by atoms with van der Waals surface area (Å²) >= 11 is 4.75. The van der Waals surface area contributed by atoms with Crippen LogP contribution in [0.1, 0.15) is 12.0 Å². The lowest BCUT2D eigenvalue weighted by atomic mass is 10.2. The Labute approximate surface area is 180 Å². The number of nitrogen functional groups attached to an aromatic ring is 1. The minimum atomic E-state index is -0.526. The molecule has 8 nitrogen and oxygen atoms in total. The Kier molecular flexibility index (Phi) is 7.25. The molecule has 3 amide bonds. The molecule has 2 aromatic carbocycles. The predicted octanol–water partition coefficient (Wildman–Crippen LogP) is 2.93. The van der Waals surface area contributed by atoms with Crippen LogP contribution in [-0.4, -0.2) is 32.6 Å². The van der Waals surface area contributed by atoms with Gasteiger partial charge in [-0.3, -0.25) is 10.1 Å². The molecular weight excluding hydrogens is 456 g/mol. The molecule has 3 aromatic rings. The fourth-order valence-electron chi connectivity index (χ4n) is 2.45. The van der Waals surface area contributed by atoms with E-state index in [1.807, 2.05) is 54.6 Å². The molecule has 0 saturated heterocycles. The van der Waals surface area contributed by atoms with Gasteiger partial charge in [-0.15, -0.1) is 10.2 Å². The number of hydrogen-bond acceptors (Lipinski definition) is 6. The number of carbonyl (C=O) groups excluding carboxylic acids is 2. The van der Waals surface area contributed by atoms with Crippen molar-refractivity contribution in [1.29, 1.82) is 0 Å². The summed E-state index contributed by atoms with van der Waals surface area (Å²) in [6.45, 7) is 0.350. The van der Waals surface area contributed by atoms with E-state index in [1.54, 1.807) is 0 Å². The topological polar surface area (TPSA) is 115 Å². The van der Waals surface area contributed by atoms with Gasteiger partial charge < -0.3 is 11.2 Å². The zero-order valence-corrected chi connectivity index (χ0v) is 17.7. The molecule has 0 radical (unpaired) electrons. The van der Waals surface area contributed by atoms with Crippen molar-refractivity contribution in [2.24, 2.45) is 0 Å². The van der Waals surface area contributed by atoms with E-state index in [0.717, 1.165) is 15.6 Å². The normalized spacial score (nSPS) is 10.5. The van der Waals surface area contributed by atoms with Crippen LogP contribution < -0.4 is 16.5 Å². The van der Waals surface area contributed by atoms with E-state index < -0.39 is 6.03 Å². The van der Waals surface area contributed by atoms with Gasteiger partial charge in [0.1, 0.15) is 0 Å². The molecule has 4 N–H and O–H groups in total. The van der Waals surface area contributed by atoms with Crippen LogP contribution >= 0.6 is 27.7 Å². The number of benzene rings is 2. The lowest BCUT2D eigenvalue weighted by Gasteiger charge is -2.07. The highest BCUT2D eigenvalue weighted by molar-refractivity contribution is 9.10. The van der Waals surface area contributed by atoms with Crippen molar-refractivity contribution in [3.63, 3.8) is 0 Å². The second-order valence-corrected chi connectivity index (χ2v) is 7.89. The van der Waals surface area contributed by atoms with E-state index >= 15 is 0 Å². The number of thioether (sulfide) groups is 1. The van der Waals surface area contributed by atoms with Gasteiger partial charge >= 0.3 is 6.03 Å². The van der Waals surface area contributed by atoms with Crippen LogP contribution in [0.2, 0.25) is 0 Å². The molecular formula is C19H19BrN6O2S. The van der Waals surface area contributed by atoms with Crippen molar-refractivity contribution in [3.05, 3.63) is 64.6 Å². The van der Waals surface area contributed by atoms with E-state index in [2.05, 4.69) is 36.8 Å². The Morgan fingerprint density at radius 2 is 1.79 bits per heavy atom. The highest BCUT2D eigenvalue weighted by Crippen LogP contribution is 2.27. The molecule has 0 aliphatic heterocycles. The molecule has 0 aliphatic rings. The minimum Gasteiger partial charge on any atom is -0.335 e. The summed E-state index contributed by atoms with van der Waals surface area (Å²) in [7, 11) is 0. The largest absolute Gasteiger partial charge is 0.335 e. The number of hydrogen-bond donors (Lipinski definition) is 3. The van der Waals surface area contributed by atoms with E-state index in [-0.39, 0.29) is 12.3 Å². The number of urea groups is 1. The molecule has 0 fully saturated rings. The zero-order valence-electron chi connectivity index (χ0n) is 15.3. The van der Waals surface area contributed by atoms with Crippen molar-refractivity contribution < 1.29 is 9.59 Å². The van der Waals surface area contributed by atoms with Gasteiger partial charge in [0.2, 0.25) is 11.1 Å². The fraction of sp³-hybridized carbons (Fsp3) is 0.158. The smallest absolute Gasteiger partial charge is 0.321 e. The third kappa shape index (κ3) is 5.81. The quantitative estimate of drug-likeness (QED) is 0.358. The lowest BCUT2D eigenvalue weighted by molar-refractivity contribution is -0.119. The van der Waals surface area contributed by atoms with Crippen LogP contribution in [0.15, 0.2) is 64.2 Å². The minimum absolute atomic E-state index is 0.140. The van der Waals surface area contributed by atoms with Gasteiger partial charge in [0, 0.05) is 28.8 Å². The maximum atomic E-state index is 11.9. The molecule has 0 saturated carbocycles. The third-order valence-electron chi connectivity index (χ3n) is 3.89. The summed E-state index contributed by atoms with van der Waals surface area (Å²) in [6.07, 6.45) is 0.140. The van der Waals surface area contributed by atoms with E-state index in [0.29, 0.717) is 23.3 Å². The number of nitrogens with zero attached hydrogens (tertiary/aromatic N) is 3. The highest BCUT2D eigenvalue weighted by Gasteiger charge is 2.15. The molecule has 1 heterocycles. The Hall–Kier alpha value is -2.85. The monoisotopic (exact) mass is 474 g/mol. The van der Waals surface area contributed by atoms with Crippen molar-refractivity contribution in [2.75, 3.05) is 11.6 Å². The van der Waals surface area contributed by atoms with Crippen molar-refractivity contribution in [2.45, 2.75) is 18.1 Å². The standard InChI is InChI=1S/C19H19BrN6O2S/c20-15-9-5-4-8-14(15)17-24-25-19(26(17)21)29-11-10-16(27)23-18(28)22-12-13-6-2-1-3-7-13/h1-9H,10-12,21H2,(H2,22,23,27,28). The molecule has 0 unspecified atom stereocenters. The number of nitrogens with one attached hydrogen (secondary N) is 2.